The van der Waals surface area contributed by atoms with Crippen molar-refractivity contribution in [3.8, 4) is 0 Å². The monoisotopic (exact) mass is 434 g/mol. The Morgan fingerprint density at radius 2 is 1.27 bits per heavy atom. The minimum absolute atomic E-state index is 0.0508. The van der Waals surface area contributed by atoms with E-state index in [4.69, 9.17) is 14.6 Å². The van der Waals surface area contributed by atoms with Gasteiger partial charge >= 0.3 is 0 Å². The molecule has 0 amide bonds. The van der Waals surface area contributed by atoms with Crippen molar-refractivity contribution in [2.24, 2.45) is 0 Å². The molecule has 1 aliphatic rings. The molecule has 0 aromatic heterocycles. The van der Waals surface area contributed by atoms with Crippen LogP contribution in [0.2, 0.25) is 0 Å². The number of rotatable bonds is 18. The van der Waals surface area contributed by atoms with Gasteiger partial charge in [-0.3, -0.25) is 0 Å². The molecule has 1 rings (SSSR count). The number of aliphatic hydroxyl groups excluding tert-OH is 1. The number of hydrogen-bond acceptors (Lipinski definition) is 3. The molecule has 0 radical (unpaired) electrons. The molecule has 1 N–H and O–H groups in total. The van der Waals surface area contributed by atoms with Gasteiger partial charge in [0.05, 0.1) is 18.0 Å². The van der Waals surface area contributed by atoms with Crippen LogP contribution in [0.25, 0.3) is 0 Å². The van der Waals surface area contributed by atoms with Gasteiger partial charge in [0.2, 0.25) is 0 Å². The fraction of sp³-hybridized carbons (Fsp3) is 1.00. The van der Waals surface area contributed by atoms with Crippen LogP contribution in [0.4, 0.5) is 0 Å². The van der Waals surface area contributed by atoms with Crippen molar-refractivity contribution in [2.75, 3.05) is 13.2 Å². The first-order chi connectivity index (χ1) is 12.8. The maximum Gasteiger partial charge on any atom is 0.170 e. The zero-order valence-electron chi connectivity index (χ0n) is 17.1. The SMILES string of the molecule is CCCCCCCCCCCCCCCCCC(Br)C1OC[C@H](CO)O1. The predicted molar refractivity (Wildman–Crippen MR) is 114 cm³/mol. The zero-order chi connectivity index (χ0) is 18.9. The zero-order valence-corrected chi connectivity index (χ0v) is 18.7. The van der Waals surface area contributed by atoms with E-state index in [1.807, 2.05) is 0 Å². The third kappa shape index (κ3) is 12.7. The fourth-order valence-corrected chi connectivity index (χ4v) is 4.20. The molecular formula is C22H43BrO3. The molecule has 1 saturated heterocycles. The second-order valence-corrected chi connectivity index (χ2v) is 9.07. The Hall–Kier alpha value is 0.360. The smallest absolute Gasteiger partial charge is 0.170 e. The Morgan fingerprint density at radius 3 is 1.69 bits per heavy atom. The predicted octanol–water partition coefficient (Wildman–Crippen LogP) is 6.75. The van der Waals surface area contributed by atoms with Crippen molar-refractivity contribution in [1.29, 1.82) is 0 Å². The molecule has 0 aromatic rings. The van der Waals surface area contributed by atoms with Crippen LogP contribution in [-0.4, -0.2) is 35.5 Å². The summed E-state index contributed by atoms with van der Waals surface area (Å²) in [6, 6.07) is 0. The van der Waals surface area contributed by atoms with Crippen LogP contribution >= 0.6 is 15.9 Å². The highest BCUT2D eigenvalue weighted by Gasteiger charge is 2.30. The fourth-order valence-electron chi connectivity index (χ4n) is 3.60. The van der Waals surface area contributed by atoms with Gasteiger partial charge in [0.25, 0.3) is 0 Å². The van der Waals surface area contributed by atoms with Crippen LogP contribution in [0, 0.1) is 0 Å². The van der Waals surface area contributed by atoms with Gasteiger partial charge in [-0.1, -0.05) is 119 Å². The summed E-state index contributed by atoms with van der Waals surface area (Å²) in [5, 5.41) is 9.06. The summed E-state index contributed by atoms with van der Waals surface area (Å²) in [5.41, 5.74) is 0. The van der Waals surface area contributed by atoms with E-state index >= 15 is 0 Å². The Kier molecular flexibility index (Phi) is 16.4. The summed E-state index contributed by atoms with van der Waals surface area (Å²) >= 11 is 3.67. The topological polar surface area (TPSA) is 38.7 Å². The Balaban J connectivity index is 1.76. The minimum atomic E-state index is -0.182. The quantitative estimate of drug-likeness (QED) is 0.191. The van der Waals surface area contributed by atoms with Crippen LogP contribution in [0.1, 0.15) is 110 Å². The highest BCUT2D eigenvalue weighted by Crippen LogP contribution is 2.24. The van der Waals surface area contributed by atoms with Crippen LogP contribution in [-0.2, 0) is 9.47 Å². The first-order valence-electron chi connectivity index (χ1n) is 11.3. The van der Waals surface area contributed by atoms with E-state index in [0.29, 0.717) is 6.61 Å². The minimum Gasteiger partial charge on any atom is -0.394 e. The van der Waals surface area contributed by atoms with Crippen molar-refractivity contribution < 1.29 is 14.6 Å². The van der Waals surface area contributed by atoms with Crippen molar-refractivity contribution >= 4 is 15.9 Å². The maximum atomic E-state index is 9.06. The van der Waals surface area contributed by atoms with Gasteiger partial charge in [-0.15, -0.1) is 0 Å². The van der Waals surface area contributed by atoms with Crippen molar-refractivity contribution in [3.05, 3.63) is 0 Å². The lowest BCUT2D eigenvalue weighted by molar-refractivity contribution is -0.0646. The van der Waals surface area contributed by atoms with Crippen LogP contribution in [0.5, 0.6) is 0 Å². The molecule has 0 aliphatic carbocycles. The van der Waals surface area contributed by atoms with E-state index in [9.17, 15) is 0 Å². The van der Waals surface area contributed by atoms with Crippen molar-refractivity contribution in [2.45, 2.75) is 127 Å². The lowest BCUT2D eigenvalue weighted by Crippen LogP contribution is -2.23. The number of halogens is 1. The maximum absolute atomic E-state index is 9.06. The second kappa shape index (κ2) is 17.5. The molecule has 156 valence electrons. The largest absolute Gasteiger partial charge is 0.394 e. The first-order valence-corrected chi connectivity index (χ1v) is 12.2. The average Bonchev–Trinajstić information content (AvgIpc) is 3.14. The van der Waals surface area contributed by atoms with Crippen molar-refractivity contribution in [3.63, 3.8) is 0 Å². The van der Waals surface area contributed by atoms with Crippen LogP contribution < -0.4 is 0 Å². The summed E-state index contributed by atoms with van der Waals surface area (Å²) in [5.74, 6) is 0. The van der Waals surface area contributed by atoms with Gasteiger partial charge in [-0.05, 0) is 6.42 Å². The summed E-state index contributed by atoms with van der Waals surface area (Å²) in [6.45, 7) is 2.85. The van der Waals surface area contributed by atoms with E-state index in [-0.39, 0.29) is 23.8 Å². The summed E-state index contributed by atoms with van der Waals surface area (Å²) in [4.78, 5) is 0.251. The Labute approximate surface area is 170 Å². The average molecular weight is 435 g/mol. The Bertz CT molecular complexity index is 301. The molecule has 3 nitrogen and oxygen atoms in total. The van der Waals surface area contributed by atoms with E-state index in [0.717, 1.165) is 6.42 Å². The summed E-state index contributed by atoms with van der Waals surface area (Å²) in [7, 11) is 0. The molecule has 1 aliphatic heterocycles. The third-order valence-corrected chi connectivity index (χ3v) is 6.24. The van der Waals surface area contributed by atoms with E-state index in [1.165, 1.54) is 96.3 Å². The molecule has 1 heterocycles. The normalized spacial score (nSPS) is 21.3. The van der Waals surface area contributed by atoms with Gasteiger partial charge in [-0.2, -0.15) is 0 Å². The number of alkyl halides is 1. The molecule has 0 bridgehead atoms. The number of aliphatic hydroxyl groups is 1. The van der Waals surface area contributed by atoms with E-state index < -0.39 is 0 Å². The summed E-state index contributed by atoms with van der Waals surface area (Å²) in [6.07, 6.45) is 21.7. The lowest BCUT2D eigenvalue weighted by atomic mass is 10.0. The summed E-state index contributed by atoms with van der Waals surface area (Å²) < 4.78 is 11.2. The Morgan fingerprint density at radius 1 is 0.808 bits per heavy atom. The molecule has 0 spiro atoms. The second-order valence-electron chi connectivity index (χ2n) is 7.90. The van der Waals surface area contributed by atoms with Gasteiger partial charge in [0, 0.05) is 0 Å². The molecule has 2 unspecified atom stereocenters. The molecule has 4 heteroatoms. The molecular weight excluding hydrogens is 392 g/mol. The standard InChI is InChI=1S/C22H43BrO3/c1-2-3-4-5-6-7-8-9-10-11-12-13-14-15-16-17-21(23)22-25-19-20(18-24)26-22/h20-22,24H,2-19H2,1H3/t20-,21?,22?/m0/s1. The molecule has 26 heavy (non-hydrogen) atoms. The lowest BCUT2D eigenvalue weighted by Gasteiger charge is -2.16. The van der Waals surface area contributed by atoms with Gasteiger partial charge < -0.3 is 14.6 Å². The first kappa shape index (κ1) is 24.4. The molecule has 3 atom stereocenters. The highest BCUT2D eigenvalue weighted by atomic mass is 79.9. The van der Waals surface area contributed by atoms with Crippen LogP contribution in [0.15, 0.2) is 0 Å². The molecule has 0 saturated carbocycles. The third-order valence-electron chi connectivity index (χ3n) is 5.36. The number of hydrogen-bond donors (Lipinski definition) is 1. The van der Waals surface area contributed by atoms with Gasteiger partial charge in [0.1, 0.15) is 6.10 Å². The number of unbranched alkanes of at least 4 members (excludes halogenated alkanes) is 14. The number of ether oxygens (including phenoxy) is 2. The van der Waals surface area contributed by atoms with Crippen molar-refractivity contribution in [1.82, 2.24) is 0 Å². The van der Waals surface area contributed by atoms with E-state index in [2.05, 4.69) is 22.9 Å². The van der Waals surface area contributed by atoms with Gasteiger partial charge in [0.15, 0.2) is 6.29 Å². The highest BCUT2D eigenvalue weighted by molar-refractivity contribution is 9.09. The van der Waals surface area contributed by atoms with E-state index in [1.54, 1.807) is 0 Å². The van der Waals surface area contributed by atoms with Crippen LogP contribution in [0.3, 0.4) is 0 Å². The van der Waals surface area contributed by atoms with Gasteiger partial charge in [-0.25, -0.2) is 0 Å². The molecule has 0 aromatic carbocycles. The molecule has 1 fully saturated rings.